The number of allylic oxidation sites excluding steroid dienone is 2. The van der Waals surface area contributed by atoms with Gasteiger partial charge in [0, 0.05) is 5.92 Å². The van der Waals surface area contributed by atoms with Gasteiger partial charge >= 0.3 is 69.3 Å². The number of aliphatic hydroxyl groups excluding tert-OH is 5. The Morgan fingerprint density at radius 3 is 1.88 bits per heavy atom. The second-order valence-corrected chi connectivity index (χ2v) is 20.6. The SMILES string of the molecule is CC1(C)[C@@H](O[C@H]2O[C@H](C(=O)O)[C@@H](O)[C@H](O)[C@H]2O[C@@H]2O[C@H](C(=O)O)[C@@H](O)[C@H](O)[C@H]2O)CC[C@]2(C)[C@H]3C(=O)C=C4[C@@H]5C[C@@](C)(C(=O)O)CC[C@]5(C)CC[C@@]4(C)[C@]3(C)CC[C@@H]12.[H-].[K+]. The summed E-state index contributed by atoms with van der Waals surface area (Å²) >= 11 is 0. The van der Waals surface area contributed by atoms with Crippen molar-refractivity contribution in [3.8, 4) is 0 Å². The van der Waals surface area contributed by atoms with E-state index in [-0.39, 0.29) is 87.2 Å². The third-order valence-electron chi connectivity index (χ3n) is 17.2. The molecule has 0 spiro atoms. The molecule has 2 aliphatic heterocycles. The second kappa shape index (κ2) is 16.0. The van der Waals surface area contributed by atoms with Crippen LogP contribution in [-0.4, -0.2) is 132 Å². The molecule has 0 bridgehead atoms. The number of carbonyl (C=O) groups is 4. The van der Waals surface area contributed by atoms with E-state index in [1.165, 1.54) is 0 Å². The second-order valence-electron chi connectivity index (χ2n) is 20.6. The van der Waals surface area contributed by atoms with Gasteiger partial charge in [0.05, 0.1) is 11.5 Å². The number of carboxylic acid groups (broad SMARTS) is 3. The smallest absolute Gasteiger partial charge is 1.00 e. The predicted molar refractivity (Wildman–Crippen MR) is 201 cm³/mol. The molecule has 0 aromatic heterocycles. The molecular formula is C42H63KO16. The van der Waals surface area contributed by atoms with E-state index in [0.717, 1.165) is 37.7 Å². The Bertz CT molecular complexity index is 1750. The first kappa shape index (κ1) is 47.6. The largest absolute Gasteiger partial charge is 1.00 e. The van der Waals surface area contributed by atoms with Gasteiger partial charge in [-0.15, -0.1) is 0 Å². The summed E-state index contributed by atoms with van der Waals surface area (Å²) in [7, 11) is 0. The molecule has 17 heteroatoms. The quantitative estimate of drug-likeness (QED) is 0.117. The fourth-order valence-corrected chi connectivity index (χ4v) is 13.4. The molecule has 5 aliphatic carbocycles. The van der Waals surface area contributed by atoms with E-state index in [0.29, 0.717) is 25.7 Å². The van der Waals surface area contributed by atoms with Crippen LogP contribution >= 0.6 is 0 Å². The van der Waals surface area contributed by atoms with Gasteiger partial charge in [0.15, 0.2) is 30.6 Å². The van der Waals surface area contributed by atoms with Gasteiger partial charge in [-0.2, -0.15) is 0 Å². The molecule has 2 heterocycles. The summed E-state index contributed by atoms with van der Waals surface area (Å²) in [5, 5.41) is 83.0. The average Bonchev–Trinajstić information content (AvgIpc) is 3.13. The number of aliphatic carboxylic acids is 3. The summed E-state index contributed by atoms with van der Waals surface area (Å²) in [5.74, 6) is -4.47. The molecule has 19 atom stereocenters. The number of rotatable bonds is 7. The molecule has 0 unspecified atom stereocenters. The van der Waals surface area contributed by atoms with Crippen LogP contribution < -0.4 is 51.4 Å². The third-order valence-corrected chi connectivity index (χ3v) is 17.2. The summed E-state index contributed by atoms with van der Waals surface area (Å²) < 4.78 is 23.4. The van der Waals surface area contributed by atoms with Crippen molar-refractivity contribution in [2.24, 2.45) is 50.2 Å². The van der Waals surface area contributed by atoms with E-state index in [1.54, 1.807) is 0 Å². The van der Waals surface area contributed by atoms with Crippen molar-refractivity contribution in [3.05, 3.63) is 11.6 Å². The number of ketones is 1. The number of aliphatic hydroxyl groups is 5. The first-order valence-electron chi connectivity index (χ1n) is 20.7. The summed E-state index contributed by atoms with van der Waals surface area (Å²) in [6.07, 6.45) is -12.2. The molecule has 4 saturated carbocycles. The molecule has 7 aliphatic rings. The minimum atomic E-state index is -2.05. The maximum Gasteiger partial charge on any atom is 1.00 e. The van der Waals surface area contributed by atoms with Crippen molar-refractivity contribution in [1.82, 2.24) is 0 Å². The van der Waals surface area contributed by atoms with Gasteiger partial charge in [0.25, 0.3) is 0 Å². The predicted octanol–water partition coefficient (Wildman–Crippen LogP) is -0.638. The molecule has 0 aromatic carbocycles. The van der Waals surface area contributed by atoms with E-state index in [2.05, 4.69) is 27.7 Å². The fourth-order valence-electron chi connectivity index (χ4n) is 13.4. The number of fused-ring (bicyclic) bond motifs is 7. The van der Waals surface area contributed by atoms with Gasteiger partial charge in [0.1, 0.15) is 36.6 Å². The van der Waals surface area contributed by atoms with Gasteiger partial charge < -0.3 is 61.2 Å². The summed E-state index contributed by atoms with van der Waals surface area (Å²) in [6, 6.07) is 0. The van der Waals surface area contributed by atoms with E-state index in [1.807, 2.05) is 26.8 Å². The number of carbonyl (C=O) groups excluding carboxylic acids is 1. The molecule has 8 N–H and O–H groups in total. The molecule has 59 heavy (non-hydrogen) atoms. The van der Waals surface area contributed by atoms with Crippen LogP contribution in [0, 0.1) is 50.2 Å². The Hall–Kier alpha value is -0.904. The van der Waals surface area contributed by atoms with Crippen LogP contribution in [0.4, 0.5) is 0 Å². The first-order chi connectivity index (χ1) is 26.8. The maximum absolute atomic E-state index is 14.8. The van der Waals surface area contributed by atoms with Gasteiger partial charge in [-0.3, -0.25) is 9.59 Å². The molecule has 0 aromatic rings. The molecule has 6 fully saturated rings. The van der Waals surface area contributed by atoms with Crippen molar-refractivity contribution < 1.29 is 132 Å². The van der Waals surface area contributed by atoms with Crippen molar-refractivity contribution in [2.45, 2.75) is 174 Å². The van der Waals surface area contributed by atoms with Crippen LogP contribution in [-0.2, 0) is 38.1 Å². The van der Waals surface area contributed by atoms with E-state index in [9.17, 15) is 60.0 Å². The van der Waals surface area contributed by atoms with Crippen LogP contribution in [0.2, 0.25) is 0 Å². The average molecular weight is 863 g/mol. The number of hydrogen-bond donors (Lipinski definition) is 8. The summed E-state index contributed by atoms with van der Waals surface area (Å²) in [4.78, 5) is 51.3. The van der Waals surface area contributed by atoms with Gasteiger partial charge in [-0.25, -0.2) is 9.59 Å². The monoisotopic (exact) mass is 862 g/mol. The van der Waals surface area contributed by atoms with E-state index >= 15 is 0 Å². The molecule has 2 saturated heterocycles. The zero-order chi connectivity index (χ0) is 42.9. The third kappa shape index (κ3) is 7.21. The number of ether oxygens (including phenoxy) is 4. The van der Waals surface area contributed by atoms with Crippen LogP contribution in [0.25, 0.3) is 0 Å². The number of carboxylic acids is 3. The van der Waals surface area contributed by atoms with Crippen molar-refractivity contribution >= 4 is 23.7 Å². The number of hydrogen-bond acceptors (Lipinski definition) is 13. The topological polar surface area (TPSA) is 267 Å². The van der Waals surface area contributed by atoms with Gasteiger partial charge in [-0.05, 0) is 110 Å². The minimum Gasteiger partial charge on any atom is -1.00 e. The maximum atomic E-state index is 14.8. The van der Waals surface area contributed by atoms with Crippen LogP contribution in [0.5, 0.6) is 0 Å². The van der Waals surface area contributed by atoms with Gasteiger partial charge in [-0.1, -0.05) is 47.1 Å². The Balaban J connectivity index is 0.00000341. The Kier molecular flexibility index (Phi) is 12.9. The van der Waals surface area contributed by atoms with E-state index in [4.69, 9.17) is 18.9 Å². The molecule has 0 radical (unpaired) electrons. The fraction of sp³-hybridized carbons (Fsp3) is 0.857. The zero-order valence-electron chi connectivity index (χ0n) is 36.4. The first-order valence-corrected chi connectivity index (χ1v) is 20.7. The molecule has 0 amide bonds. The Labute approximate surface area is 388 Å². The zero-order valence-corrected chi connectivity index (χ0v) is 38.5. The normalized spacial score (nSPS) is 51.7. The standard InChI is InChI=1S/C42H62O16.K.H/c1-37(2)21-8-11-42(7)31(20(43)16-18-19-17-39(4,36(53)54)13-12-38(19,3)14-15-41(18,42)6)40(21,5)10-9-22(37)55-35-30(26(47)25(46)29(57-35)33(51)52)58-34-27(48)23(44)24(45)28(56-34)32(49)50;;/h16,19,21-31,34-35,44-48H,8-15,17H2,1-7H3,(H,49,50)(H,51,52)(H,53,54);;/q;+1;-1/t19-,21-,22-,23-,24-,25-,26-,27+,28-,29-,30+,31+,34-,35-,38+,39-,40-,41+,42+;;/m0../s1. The van der Waals surface area contributed by atoms with Gasteiger partial charge in [0.2, 0.25) is 0 Å². The minimum absolute atomic E-state index is 0. The van der Waals surface area contributed by atoms with Crippen molar-refractivity contribution in [3.63, 3.8) is 0 Å². The van der Waals surface area contributed by atoms with Crippen LogP contribution in [0.15, 0.2) is 11.6 Å². The van der Waals surface area contributed by atoms with Crippen molar-refractivity contribution in [1.29, 1.82) is 0 Å². The molecular weight excluding hydrogens is 800 g/mol. The summed E-state index contributed by atoms with van der Waals surface area (Å²) in [5.41, 5.74) is -1.81. The molecule has 328 valence electrons. The van der Waals surface area contributed by atoms with E-state index < -0.39 is 107 Å². The molecule has 16 nitrogen and oxygen atoms in total. The van der Waals surface area contributed by atoms with Crippen LogP contribution in [0.1, 0.15) is 108 Å². The molecule has 7 rings (SSSR count). The van der Waals surface area contributed by atoms with Crippen LogP contribution in [0.3, 0.4) is 0 Å². The van der Waals surface area contributed by atoms with Crippen molar-refractivity contribution in [2.75, 3.05) is 0 Å². The Morgan fingerprint density at radius 2 is 1.29 bits per heavy atom. The summed E-state index contributed by atoms with van der Waals surface area (Å²) in [6.45, 7) is 14.8. The Morgan fingerprint density at radius 1 is 0.712 bits per heavy atom.